The molecule has 2 aromatic carbocycles. The first-order chi connectivity index (χ1) is 14.3. The summed E-state index contributed by atoms with van der Waals surface area (Å²) in [5, 5.41) is 0.952. The van der Waals surface area contributed by atoms with E-state index in [2.05, 4.69) is 10.9 Å². The molecule has 156 valence electrons. The Morgan fingerprint density at radius 1 is 1.13 bits per heavy atom. The largest absolute Gasteiger partial charge is 0.303 e. The molecule has 0 saturated heterocycles. The number of sulfone groups is 1. The Kier molecular flexibility index (Phi) is 7.37. The molecule has 0 radical (unpaired) electrons. The fraction of sp³-hybridized carbons (Fsp3) is 0.238. The minimum Gasteiger partial charge on any atom is -0.303 e. The van der Waals surface area contributed by atoms with E-state index in [1.54, 1.807) is 41.0 Å². The number of aromatic nitrogens is 1. The molecule has 3 aromatic rings. The lowest BCUT2D eigenvalue weighted by molar-refractivity contribution is -0.118. The summed E-state index contributed by atoms with van der Waals surface area (Å²) in [5.41, 5.74) is 1.35. The molecule has 0 fully saturated rings. The van der Waals surface area contributed by atoms with Crippen LogP contribution in [-0.2, 0) is 26.9 Å². The van der Waals surface area contributed by atoms with Crippen LogP contribution in [0.1, 0.15) is 18.4 Å². The minimum absolute atomic E-state index is 0.0137. The summed E-state index contributed by atoms with van der Waals surface area (Å²) in [6.45, 7) is 0.178. The van der Waals surface area contributed by atoms with Crippen molar-refractivity contribution in [3.05, 3.63) is 62.9 Å². The summed E-state index contributed by atoms with van der Waals surface area (Å²) in [6.07, 6.45) is 5.66. The maximum Gasteiger partial charge on any atom is 0.248 e. The van der Waals surface area contributed by atoms with Gasteiger partial charge in [-0.2, -0.15) is 4.99 Å². The van der Waals surface area contributed by atoms with Crippen molar-refractivity contribution >= 4 is 60.5 Å². The van der Waals surface area contributed by atoms with Crippen LogP contribution < -0.4 is 4.80 Å². The van der Waals surface area contributed by atoms with Gasteiger partial charge in [0, 0.05) is 6.42 Å². The van der Waals surface area contributed by atoms with Gasteiger partial charge in [-0.05, 0) is 24.1 Å². The minimum atomic E-state index is -3.31. The van der Waals surface area contributed by atoms with Crippen LogP contribution in [0.5, 0.6) is 0 Å². The SMILES string of the molecule is C#CCn1c(=NC(=O)CCCS(=O)(=O)Cc2ccccc2)sc2c(Cl)ccc(Cl)c21. The number of thiazole rings is 1. The summed E-state index contributed by atoms with van der Waals surface area (Å²) in [6, 6.07) is 12.3. The molecule has 3 rings (SSSR count). The number of carbonyl (C=O) groups excluding carboxylic acids is 1. The average molecular weight is 481 g/mol. The Hall–Kier alpha value is -2.11. The maximum absolute atomic E-state index is 12.4. The zero-order valence-corrected chi connectivity index (χ0v) is 19.0. The van der Waals surface area contributed by atoms with E-state index in [1.165, 1.54) is 11.3 Å². The number of terminal acetylenes is 1. The highest BCUT2D eigenvalue weighted by atomic mass is 35.5. The molecule has 0 bridgehead atoms. The van der Waals surface area contributed by atoms with Crippen LogP contribution >= 0.6 is 34.5 Å². The van der Waals surface area contributed by atoms with Crippen LogP contribution in [0.2, 0.25) is 10.0 Å². The van der Waals surface area contributed by atoms with Crippen LogP contribution in [0, 0.1) is 12.3 Å². The number of rotatable bonds is 7. The number of halogens is 2. The van der Waals surface area contributed by atoms with Crippen molar-refractivity contribution < 1.29 is 13.2 Å². The van der Waals surface area contributed by atoms with Crippen LogP contribution in [-0.4, -0.2) is 24.6 Å². The third kappa shape index (κ3) is 5.52. The normalized spacial score (nSPS) is 12.2. The lowest BCUT2D eigenvalue weighted by atomic mass is 10.2. The molecule has 0 atom stereocenters. The first kappa shape index (κ1) is 22.6. The molecule has 1 amide bonds. The number of benzene rings is 2. The Bertz CT molecular complexity index is 1290. The van der Waals surface area contributed by atoms with Crippen LogP contribution in [0.25, 0.3) is 10.2 Å². The molecule has 0 aliphatic heterocycles. The van der Waals surface area contributed by atoms with Crippen molar-refractivity contribution in [3.63, 3.8) is 0 Å². The molecule has 30 heavy (non-hydrogen) atoms. The molecule has 1 heterocycles. The van der Waals surface area contributed by atoms with Crippen molar-refractivity contribution in [1.29, 1.82) is 0 Å². The fourth-order valence-corrected chi connectivity index (χ4v) is 6.03. The highest BCUT2D eigenvalue weighted by Gasteiger charge is 2.15. The van der Waals surface area contributed by atoms with E-state index in [-0.39, 0.29) is 30.9 Å². The summed E-state index contributed by atoms with van der Waals surface area (Å²) in [4.78, 5) is 16.9. The van der Waals surface area contributed by atoms with Gasteiger partial charge in [0.1, 0.15) is 0 Å². The number of amides is 1. The van der Waals surface area contributed by atoms with E-state index in [9.17, 15) is 13.2 Å². The van der Waals surface area contributed by atoms with Crippen LogP contribution in [0.3, 0.4) is 0 Å². The van der Waals surface area contributed by atoms with Crippen LogP contribution in [0.15, 0.2) is 47.5 Å². The lowest BCUT2D eigenvalue weighted by Crippen LogP contribution is -2.17. The van der Waals surface area contributed by atoms with Crippen molar-refractivity contribution in [2.45, 2.75) is 25.1 Å². The highest BCUT2D eigenvalue weighted by molar-refractivity contribution is 7.90. The van der Waals surface area contributed by atoms with E-state index < -0.39 is 15.7 Å². The number of hydrogen-bond donors (Lipinski definition) is 0. The summed E-state index contributed by atoms with van der Waals surface area (Å²) in [5.74, 6) is 1.97. The first-order valence-corrected chi connectivity index (χ1v) is 12.4. The van der Waals surface area contributed by atoms with Gasteiger partial charge < -0.3 is 4.57 Å². The maximum atomic E-state index is 12.4. The van der Waals surface area contributed by atoms with Crippen molar-refractivity contribution in [2.24, 2.45) is 4.99 Å². The molecule has 0 spiro atoms. The molecule has 0 N–H and O–H groups in total. The zero-order valence-electron chi connectivity index (χ0n) is 15.8. The summed E-state index contributed by atoms with van der Waals surface area (Å²) < 4.78 is 26.9. The average Bonchev–Trinajstić information content (AvgIpc) is 3.04. The van der Waals surface area contributed by atoms with Crippen molar-refractivity contribution in [1.82, 2.24) is 4.57 Å². The van der Waals surface area contributed by atoms with E-state index in [0.29, 0.717) is 25.1 Å². The van der Waals surface area contributed by atoms with Gasteiger partial charge in [0.25, 0.3) is 0 Å². The topological polar surface area (TPSA) is 68.5 Å². The fourth-order valence-electron chi connectivity index (χ4n) is 2.94. The molecule has 0 saturated carbocycles. The summed E-state index contributed by atoms with van der Waals surface area (Å²) >= 11 is 13.7. The van der Waals surface area contributed by atoms with E-state index in [0.717, 1.165) is 5.56 Å². The zero-order chi connectivity index (χ0) is 21.7. The number of hydrogen-bond acceptors (Lipinski definition) is 4. The lowest BCUT2D eigenvalue weighted by Gasteiger charge is -2.04. The Balaban J connectivity index is 1.74. The second-order valence-corrected chi connectivity index (χ2v) is 10.5. The third-order valence-electron chi connectivity index (χ3n) is 4.27. The molecular formula is C21H18Cl2N2O3S2. The first-order valence-electron chi connectivity index (χ1n) is 9.03. The van der Waals surface area contributed by atoms with Gasteiger partial charge in [-0.25, -0.2) is 8.42 Å². The highest BCUT2D eigenvalue weighted by Crippen LogP contribution is 2.31. The third-order valence-corrected chi connectivity index (χ3v) is 7.80. The van der Waals surface area contributed by atoms with E-state index in [4.69, 9.17) is 29.6 Å². The van der Waals surface area contributed by atoms with Crippen LogP contribution in [0.4, 0.5) is 0 Å². The standard InChI is InChI=1S/C21H18Cl2N2O3S2/c1-2-12-25-19-16(22)10-11-17(23)20(19)29-21(25)24-18(26)9-6-13-30(27,28)14-15-7-4-3-5-8-15/h1,3-5,7-8,10-11H,6,9,12-14H2. The molecule has 5 nitrogen and oxygen atoms in total. The molecule has 0 aliphatic carbocycles. The number of nitrogens with zero attached hydrogens (tertiary/aromatic N) is 2. The van der Waals surface area contributed by atoms with E-state index >= 15 is 0 Å². The molecule has 0 aliphatic rings. The van der Waals surface area contributed by atoms with Crippen molar-refractivity contribution in [3.8, 4) is 12.3 Å². The molecular weight excluding hydrogens is 463 g/mol. The quantitative estimate of drug-likeness (QED) is 0.468. The Morgan fingerprint density at radius 3 is 2.53 bits per heavy atom. The van der Waals surface area contributed by atoms with E-state index in [1.807, 2.05) is 6.07 Å². The van der Waals surface area contributed by atoms with Gasteiger partial charge in [0.15, 0.2) is 14.6 Å². The number of fused-ring (bicyclic) bond motifs is 1. The Labute approximate surface area is 188 Å². The van der Waals surface area contributed by atoms with Gasteiger partial charge in [-0.1, -0.05) is 70.8 Å². The van der Waals surface area contributed by atoms with Gasteiger partial charge in [-0.15, -0.1) is 6.42 Å². The Morgan fingerprint density at radius 2 is 1.83 bits per heavy atom. The molecule has 9 heteroatoms. The predicted molar refractivity (Wildman–Crippen MR) is 122 cm³/mol. The van der Waals surface area contributed by atoms with Gasteiger partial charge in [0.2, 0.25) is 5.91 Å². The second kappa shape index (κ2) is 9.80. The predicted octanol–water partition coefficient (Wildman–Crippen LogP) is 4.47. The van der Waals surface area contributed by atoms with Gasteiger partial charge in [0.05, 0.1) is 38.3 Å². The summed E-state index contributed by atoms with van der Waals surface area (Å²) in [7, 11) is -3.31. The van der Waals surface area contributed by atoms with Crippen molar-refractivity contribution in [2.75, 3.05) is 5.75 Å². The second-order valence-electron chi connectivity index (χ2n) is 6.57. The van der Waals surface area contributed by atoms with Gasteiger partial charge in [-0.3, -0.25) is 4.79 Å². The molecule has 1 aromatic heterocycles. The smallest absolute Gasteiger partial charge is 0.248 e. The number of carbonyl (C=O) groups is 1. The monoisotopic (exact) mass is 480 g/mol. The molecule has 0 unspecified atom stereocenters. The van der Waals surface area contributed by atoms with Gasteiger partial charge >= 0.3 is 0 Å².